The third kappa shape index (κ3) is 1.90. The lowest BCUT2D eigenvalue weighted by molar-refractivity contribution is -0.128. The van der Waals surface area contributed by atoms with Crippen LogP contribution in [0, 0.1) is 0 Å². The third-order valence-corrected chi connectivity index (χ3v) is 2.37. The number of rotatable bonds is 2. The average molecular weight is 242 g/mol. The topological polar surface area (TPSA) is 141 Å². The number of aliphatic hydroxyl groups excluding tert-OH is 2. The van der Waals surface area contributed by atoms with Gasteiger partial charge in [0.05, 0.1) is 6.61 Å². The lowest BCUT2D eigenvalue weighted by Gasteiger charge is -2.14. The Morgan fingerprint density at radius 1 is 1.53 bits per heavy atom. The lowest BCUT2D eigenvalue weighted by Crippen LogP contribution is -2.34. The van der Waals surface area contributed by atoms with Gasteiger partial charge < -0.3 is 20.7 Å². The molecule has 92 valence electrons. The van der Waals surface area contributed by atoms with Crippen LogP contribution >= 0.6 is 0 Å². The van der Waals surface area contributed by atoms with Crippen LogP contribution in [0.5, 0.6) is 0 Å². The van der Waals surface area contributed by atoms with E-state index in [4.69, 9.17) is 15.6 Å². The molecule has 9 heteroatoms. The number of Topliss-reactive ketones (excluding diaryl/α,β-unsaturated/α-hetero) is 1. The summed E-state index contributed by atoms with van der Waals surface area (Å²) in [7, 11) is 0. The molecule has 0 saturated carbocycles. The number of aliphatic hydroxyl groups is 2. The summed E-state index contributed by atoms with van der Waals surface area (Å²) in [5, 5.41) is 18.4. The van der Waals surface area contributed by atoms with Crippen molar-refractivity contribution < 1.29 is 19.7 Å². The Morgan fingerprint density at radius 2 is 2.24 bits per heavy atom. The Kier molecular flexibility index (Phi) is 2.88. The number of nitrogens with two attached hydrogens (primary N) is 1. The summed E-state index contributed by atoms with van der Waals surface area (Å²) in [6.45, 7) is -0.572. The molecule has 4 N–H and O–H groups in total. The van der Waals surface area contributed by atoms with Crippen molar-refractivity contribution in [3.8, 4) is 0 Å². The van der Waals surface area contributed by atoms with Gasteiger partial charge in [-0.3, -0.25) is 9.36 Å². The van der Waals surface area contributed by atoms with Gasteiger partial charge in [-0.2, -0.15) is 4.98 Å². The van der Waals surface area contributed by atoms with E-state index in [1.54, 1.807) is 0 Å². The molecule has 1 aliphatic heterocycles. The van der Waals surface area contributed by atoms with Gasteiger partial charge in [0, 0.05) is 0 Å². The number of hydrogen-bond acceptors (Lipinski definition) is 8. The predicted octanol–water partition coefficient (Wildman–Crippen LogP) is -2.96. The molecule has 17 heavy (non-hydrogen) atoms. The molecule has 0 bridgehead atoms. The molecule has 0 aromatic carbocycles. The van der Waals surface area contributed by atoms with Gasteiger partial charge in [0.15, 0.2) is 18.1 Å². The number of aromatic nitrogens is 3. The van der Waals surface area contributed by atoms with Gasteiger partial charge in [-0.15, -0.1) is 0 Å². The Bertz CT molecular complexity index is 501. The molecule has 0 radical (unpaired) electrons. The molecule has 2 heterocycles. The maximum atomic E-state index is 11.4. The summed E-state index contributed by atoms with van der Waals surface area (Å²) in [6, 6.07) is 0. The van der Waals surface area contributed by atoms with Crippen LogP contribution in [0.15, 0.2) is 11.1 Å². The SMILES string of the molecule is Nc1ncn(C2O[C@H](CO)C(=O)[C@H]2O)c(=O)n1. The number of ether oxygens (including phenoxy) is 1. The quantitative estimate of drug-likeness (QED) is 0.499. The van der Waals surface area contributed by atoms with Gasteiger partial charge in [0.2, 0.25) is 5.95 Å². The molecule has 1 fully saturated rings. The second kappa shape index (κ2) is 4.20. The van der Waals surface area contributed by atoms with Crippen molar-refractivity contribution in [1.82, 2.24) is 14.5 Å². The predicted molar refractivity (Wildman–Crippen MR) is 52.7 cm³/mol. The summed E-state index contributed by atoms with van der Waals surface area (Å²) in [5.74, 6) is -0.912. The number of anilines is 1. The maximum Gasteiger partial charge on any atom is 0.354 e. The summed E-state index contributed by atoms with van der Waals surface area (Å²) in [6.07, 6.45) is -2.92. The molecule has 2 rings (SSSR count). The minimum atomic E-state index is -1.54. The fourth-order valence-corrected chi connectivity index (χ4v) is 1.52. The van der Waals surface area contributed by atoms with E-state index < -0.39 is 36.5 Å². The highest BCUT2D eigenvalue weighted by atomic mass is 16.6. The van der Waals surface area contributed by atoms with Gasteiger partial charge in [-0.05, 0) is 0 Å². The zero-order valence-corrected chi connectivity index (χ0v) is 8.55. The summed E-state index contributed by atoms with van der Waals surface area (Å²) < 4.78 is 5.88. The fourth-order valence-electron chi connectivity index (χ4n) is 1.52. The van der Waals surface area contributed by atoms with E-state index in [2.05, 4.69) is 9.97 Å². The number of ketones is 1. The maximum absolute atomic E-state index is 11.4. The highest BCUT2D eigenvalue weighted by Crippen LogP contribution is 2.24. The molecule has 0 aliphatic carbocycles. The first kappa shape index (κ1) is 11.6. The number of nitrogen functional groups attached to an aromatic ring is 1. The van der Waals surface area contributed by atoms with Gasteiger partial charge in [0.1, 0.15) is 12.4 Å². The van der Waals surface area contributed by atoms with Gasteiger partial charge >= 0.3 is 5.69 Å². The van der Waals surface area contributed by atoms with Crippen LogP contribution in [-0.2, 0) is 9.53 Å². The van der Waals surface area contributed by atoms with Crippen molar-refractivity contribution in [1.29, 1.82) is 0 Å². The molecule has 1 aliphatic rings. The second-order valence-corrected chi connectivity index (χ2v) is 3.45. The van der Waals surface area contributed by atoms with E-state index in [-0.39, 0.29) is 5.95 Å². The molecular formula is C8H10N4O5. The van der Waals surface area contributed by atoms with Crippen molar-refractivity contribution in [3.05, 3.63) is 16.8 Å². The number of nitrogens with zero attached hydrogens (tertiary/aromatic N) is 3. The highest BCUT2D eigenvalue weighted by molar-refractivity contribution is 5.89. The zero-order valence-electron chi connectivity index (χ0n) is 8.55. The second-order valence-electron chi connectivity index (χ2n) is 3.45. The summed E-state index contributed by atoms with van der Waals surface area (Å²) in [4.78, 5) is 29.7. The molecule has 1 saturated heterocycles. The van der Waals surface area contributed by atoms with Gasteiger partial charge in [-0.1, -0.05) is 0 Å². The van der Waals surface area contributed by atoms with E-state index >= 15 is 0 Å². The standard InChI is InChI=1S/C8H10N4O5/c9-7-10-2-12(8(16)11-7)6-5(15)4(14)3(1-13)17-6/h2-3,5-6,13,15H,1H2,(H2,9,11,16)/t3-,5-,6?/m1/s1. The number of carbonyl (C=O) groups excluding carboxylic acids is 1. The summed E-state index contributed by atoms with van der Waals surface area (Å²) in [5.41, 5.74) is 4.40. The molecule has 9 nitrogen and oxygen atoms in total. The lowest BCUT2D eigenvalue weighted by atomic mass is 10.2. The molecule has 0 amide bonds. The van der Waals surface area contributed by atoms with Crippen LogP contribution in [-0.4, -0.2) is 49.3 Å². The molecular weight excluding hydrogens is 232 g/mol. The molecule has 1 aromatic heterocycles. The fraction of sp³-hybridized carbons (Fsp3) is 0.500. The monoisotopic (exact) mass is 242 g/mol. The van der Waals surface area contributed by atoms with Crippen molar-refractivity contribution in [2.45, 2.75) is 18.4 Å². The largest absolute Gasteiger partial charge is 0.393 e. The van der Waals surface area contributed by atoms with Crippen LogP contribution in [0.2, 0.25) is 0 Å². The molecule has 0 spiro atoms. The molecule has 1 unspecified atom stereocenters. The first-order chi connectivity index (χ1) is 8.04. The van der Waals surface area contributed by atoms with Crippen LogP contribution in [0.3, 0.4) is 0 Å². The van der Waals surface area contributed by atoms with E-state index in [9.17, 15) is 14.7 Å². The minimum Gasteiger partial charge on any atom is -0.393 e. The van der Waals surface area contributed by atoms with Crippen molar-refractivity contribution in [2.24, 2.45) is 0 Å². The van der Waals surface area contributed by atoms with E-state index in [1.807, 2.05) is 0 Å². The first-order valence-electron chi connectivity index (χ1n) is 4.73. The zero-order chi connectivity index (χ0) is 12.6. The minimum absolute atomic E-state index is 0.219. The van der Waals surface area contributed by atoms with E-state index in [1.165, 1.54) is 0 Å². The summed E-state index contributed by atoms with van der Waals surface area (Å²) >= 11 is 0. The Morgan fingerprint density at radius 3 is 2.76 bits per heavy atom. The number of hydrogen-bond donors (Lipinski definition) is 3. The Hall–Kier alpha value is -1.84. The first-order valence-corrected chi connectivity index (χ1v) is 4.73. The Labute approximate surface area is 94.5 Å². The van der Waals surface area contributed by atoms with Crippen molar-refractivity contribution in [2.75, 3.05) is 12.3 Å². The van der Waals surface area contributed by atoms with Gasteiger partial charge in [-0.25, -0.2) is 9.78 Å². The van der Waals surface area contributed by atoms with Crippen LogP contribution < -0.4 is 11.4 Å². The smallest absolute Gasteiger partial charge is 0.354 e. The normalized spacial score (nSPS) is 28.6. The highest BCUT2D eigenvalue weighted by Gasteiger charge is 2.43. The van der Waals surface area contributed by atoms with Crippen LogP contribution in [0.1, 0.15) is 6.23 Å². The van der Waals surface area contributed by atoms with Crippen LogP contribution in [0.25, 0.3) is 0 Å². The van der Waals surface area contributed by atoms with Gasteiger partial charge in [0.25, 0.3) is 0 Å². The Balaban J connectivity index is 2.35. The van der Waals surface area contributed by atoms with E-state index in [0.717, 1.165) is 10.9 Å². The molecule has 1 aromatic rings. The van der Waals surface area contributed by atoms with E-state index in [0.29, 0.717) is 0 Å². The number of carbonyl (C=O) groups is 1. The van der Waals surface area contributed by atoms with Crippen molar-refractivity contribution in [3.63, 3.8) is 0 Å². The van der Waals surface area contributed by atoms with Crippen molar-refractivity contribution >= 4 is 11.7 Å². The molecule has 3 atom stereocenters. The average Bonchev–Trinajstić information content (AvgIpc) is 2.57. The third-order valence-electron chi connectivity index (χ3n) is 2.37. The van der Waals surface area contributed by atoms with Crippen LogP contribution in [0.4, 0.5) is 5.95 Å².